The van der Waals surface area contributed by atoms with E-state index in [1.165, 1.54) is 6.08 Å². The van der Waals surface area contributed by atoms with Crippen LogP contribution in [0.3, 0.4) is 0 Å². The number of rotatable bonds is 9. The van der Waals surface area contributed by atoms with Crippen molar-refractivity contribution in [3.63, 3.8) is 0 Å². The average Bonchev–Trinajstić information content (AvgIpc) is 2.81. The number of carbonyl (C=O) groups excluding carboxylic acids is 1. The lowest BCUT2D eigenvalue weighted by Gasteiger charge is -2.28. The highest BCUT2D eigenvalue weighted by Gasteiger charge is 2.12. The Labute approximate surface area is 177 Å². The van der Waals surface area contributed by atoms with E-state index < -0.39 is 0 Å². The summed E-state index contributed by atoms with van der Waals surface area (Å²) in [5, 5.41) is 2.90. The molecule has 0 aliphatic carbocycles. The first-order valence-corrected chi connectivity index (χ1v) is 9.85. The molecule has 7 nitrogen and oxygen atoms in total. The molecule has 0 atom stereocenters. The number of anilines is 1. The molecule has 1 saturated heterocycles. The van der Waals surface area contributed by atoms with E-state index in [0.717, 1.165) is 30.0 Å². The molecule has 0 bridgehead atoms. The van der Waals surface area contributed by atoms with Gasteiger partial charge in [0.05, 0.1) is 20.3 Å². The number of nitrogens with one attached hydrogen (secondary N) is 1. The SMILES string of the molecule is C=CCOc1ccc(/C=C/C(=O)NCc2ccnc(N3CCOCC3)c2)cc1OC. The van der Waals surface area contributed by atoms with Crippen LogP contribution in [0, 0.1) is 0 Å². The molecule has 1 aliphatic heterocycles. The van der Waals surface area contributed by atoms with Gasteiger partial charge in [0.15, 0.2) is 11.5 Å². The highest BCUT2D eigenvalue weighted by molar-refractivity contribution is 5.91. The maximum atomic E-state index is 12.2. The molecule has 30 heavy (non-hydrogen) atoms. The number of hydrogen-bond acceptors (Lipinski definition) is 6. The Hall–Kier alpha value is -3.32. The van der Waals surface area contributed by atoms with Crippen LogP contribution in [0.15, 0.2) is 55.3 Å². The first-order valence-electron chi connectivity index (χ1n) is 9.85. The van der Waals surface area contributed by atoms with Crippen molar-refractivity contribution in [1.29, 1.82) is 0 Å². The number of morpholine rings is 1. The standard InChI is InChI=1S/C23H27N3O4/c1-3-12-30-20-6-4-18(15-21(20)28-2)5-7-23(27)25-17-19-8-9-24-22(16-19)26-10-13-29-14-11-26/h3-9,15-16H,1,10-14,17H2,2H3,(H,25,27)/b7-5+. The van der Waals surface area contributed by atoms with Crippen LogP contribution in [0.2, 0.25) is 0 Å². The van der Waals surface area contributed by atoms with Gasteiger partial charge in [-0.15, -0.1) is 0 Å². The van der Waals surface area contributed by atoms with E-state index in [-0.39, 0.29) is 5.91 Å². The number of carbonyl (C=O) groups is 1. The minimum atomic E-state index is -0.175. The van der Waals surface area contributed by atoms with Crippen LogP contribution < -0.4 is 19.7 Å². The van der Waals surface area contributed by atoms with Gasteiger partial charge in [0, 0.05) is 31.9 Å². The second kappa shape index (κ2) is 11.0. The molecule has 1 N–H and O–H groups in total. The third kappa shape index (κ3) is 6.09. The number of methoxy groups -OCH3 is 1. The largest absolute Gasteiger partial charge is 0.493 e. The molecule has 3 rings (SSSR count). The molecular weight excluding hydrogens is 382 g/mol. The second-order valence-corrected chi connectivity index (χ2v) is 6.68. The summed E-state index contributed by atoms with van der Waals surface area (Å²) in [5.74, 6) is 1.97. The molecule has 1 fully saturated rings. The molecule has 7 heteroatoms. The third-order valence-electron chi connectivity index (χ3n) is 4.58. The van der Waals surface area contributed by atoms with Gasteiger partial charge in [-0.1, -0.05) is 18.7 Å². The topological polar surface area (TPSA) is 72.9 Å². The van der Waals surface area contributed by atoms with Gasteiger partial charge in [-0.25, -0.2) is 4.98 Å². The minimum Gasteiger partial charge on any atom is -0.493 e. The van der Waals surface area contributed by atoms with Crippen molar-refractivity contribution in [2.45, 2.75) is 6.54 Å². The van der Waals surface area contributed by atoms with E-state index in [9.17, 15) is 4.79 Å². The first kappa shape index (κ1) is 21.4. The van der Waals surface area contributed by atoms with E-state index in [1.807, 2.05) is 30.3 Å². The van der Waals surface area contributed by atoms with Crippen LogP contribution in [0.4, 0.5) is 5.82 Å². The molecule has 0 saturated carbocycles. The van der Waals surface area contributed by atoms with E-state index in [2.05, 4.69) is 21.8 Å². The van der Waals surface area contributed by atoms with Crippen LogP contribution in [0.5, 0.6) is 11.5 Å². The summed E-state index contributed by atoms with van der Waals surface area (Å²) in [7, 11) is 1.58. The molecule has 1 amide bonds. The monoisotopic (exact) mass is 409 g/mol. The lowest BCUT2D eigenvalue weighted by atomic mass is 10.2. The lowest BCUT2D eigenvalue weighted by Crippen LogP contribution is -2.36. The Kier molecular flexibility index (Phi) is 7.86. The van der Waals surface area contributed by atoms with Crippen molar-refractivity contribution in [1.82, 2.24) is 10.3 Å². The Balaban J connectivity index is 1.55. The molecule has 1 aromatic carbocycles. The summed E-state index contributed by atoms with van der Waals surface area (Å²) in [6.07, 6.45) is 6.68. The van der Waals surface area contributed by atoms with Crippen molar-refractivity contribution in [3.8, 4) is 11.5 Å². The predicted octanol–water partition coefficient (Wildman–Crippen LogP) is 2.82. The van der Waals surface area contributed by atoms with Crippen molar-refractivity contribution < 1.29 is 19.0 Å². The normalized spacial score (nSPS) is 13.8. The van der Waals surface area contributed by atoms with Gasteiger partial charge >= 0.3 is 0 Å². The summed E-state index contributed by atoms with van der Waals surface area (Å²) in [6, 6.07) is 9.40. The smallest absolute Gasteiger partial charge is 0.244 e. The highest BCUT2D eigenvalue weighted by atomic mass is 16.5. The Morgan fingerprint density at radius 3 is 2.87 bits per heavy atom. The number of hydrogen-bond donors (Lipinski definition) is 1. The number of amides is 1. The molecular formula is C23H27N3O4. The fourth-order valence-corrected chi connectivity index (χ4v) is 3.01. The van der Waals surface area contributed by atoms with Crippen molar-refractivity contribution in [3.05, 3.63) is 66.4 Å². The van der Waals surface area contributed by atoms with Gasteiger partial charge in [0.1, 0.15) is 12.4 Å². The zero-order valence-electron chi connectivity index (χ0n) is 17.2. The van der Waals surface area contributed by atoms with Gasteiger partial charge in [-0.3, -0.25) is 4.79 Å². The van der Waals surface area contributed by atoms with E-state index in [0.29, 0.717) is 37.9 Å². The third-order valence-corrected chi connectivity index (χ3v) is 4.58. The minimum absolute atomic E-state index is 0.175. The summed E-state index contributed by atoms with van der Waals surface area (Å²) in [6.45, 7) is 7.53. The Morgan fingerprint density at radius 1 is 1.27 bits per heavy atom. The van der Waals surface area contributed by atoms with E-state index >= 15 is 0 Å². The van der Waals surface area contributed by atoms with Crippen LogP contribution in [0.1, 0.15) is 11.1 Å². The molecule has 0 unspecified atom stereocenters. The van der Waals surface area contributed by atoms with Gasteiger partial charge in [-0.05, 0) is 41.5 Å². The number of ether oxygens (including phenoxy) is 3. The van der Waals surface area contributed by atoms with Crippen molar-refractivity contribution >= 4 is 17.8 Å². The maximum absolute atomic E-state index is 12.2. The number of aromatic nitrogens is 1. The molecule has 158 valence electrons. The maximum Gasteiger partial charge on any atom is 0.244 e. The van der Waals surface area contributed by atoms with Gasteiger partial charge < -0.3 is 24.4 Å². The van der Waals surface area contributed by atoms with Crippen LogP contribution >= 0.6 is 0 Å². The molecule has 0 spiro atoms. The molecule has 1 aromatic heterocycles. The van der Waals surface area contributed by atoms with Crippen LogP contribution in [-0.4, -0.2) is 50.9 Å². The van der Waals surface area contributed by atoms with E-state index in [1.54, 1.807) is 25.5 Å². The Bertz CT molecular complexity index is 892. The molecule has 2 heterocycles. The summed E-state index contributed by atoms with van der Waals surface area (Å²) < 4.78 is 16.3. The summed E-state index contributed by atoms with van der Waals surface area (Å²) in [5.41, 5.74) is 1.84. The zero-order chi connectivity index (χ0) is 21.2. The fraction of sp³-hybridized carbons (Fsp3) is 0.304. The highest BCUT2D eigenvalue weighted by Crippen LogP contribution is 2.28. The quantitative estimate of drug-likeness (QED) is 0.507. The van der Waals surface area contributed by atoms with Crippen LogP contribution in [-0.2, 0) is 16.1 Å². The predicted molar refractivity (Wildman–Crippen MR) is 117 cm³/mol. The van der Waals surface area contributed by atoms with Gasteiger partial charge in [-0.2, -0.15) is 0 Å². The lowest BCUT2D eigenvalue weighted by molar-refractivity contribution is -0.116. The fourth-order valence-electron chi connectivity index (χ4n) is 3.01. The summed E-state index contributed by atoms with van der Waals surface area (Å²) >= 11 is 0. The molecule has 2 aromatic rings. The molecule has 1 aliphatic rings. The number of benzene rings is 1. The van der Waals surface area contributed by atoms with Gasteiger partial charge in [0.2, 0.25) is 5.91 Å². The van der Waals surface area contributed by atoms with Crippen molar-refractivity contribution in [2.24, 2.45) is 0 Å². The Morgan fingerprint density at radius 2 is 2.10 bits per heavy atom. The average molecular weight is 409 g/mol. The molecule has 0 radical (unpaired) electrons. The number of pyridine rings is 1. The van der Waals surface area contributed by atoms with Gasteiger partial charge in [0.25, 0.3) is 0 Å². The van der Waals surface area contributed by atoms with E-state index in [4.69, 9.17) is 14.2 Å². The second-order valence-electron chi connectivity index (χ2n) is 6.68. The number of nitrogens with zero attached hydrogens (tertiary/aromatic N) is 2. The van der Waals surface area contributed by atoms with Crippen molar-refractivity contribution in [2.75, 3.05) is 44.9 Å². The van der Waals surface area contributed by atoms with Crippen LogP contribution in [0.25, 0.3) is 6.08 Å². The summed E-state index contributed by atoms with van der Waals surface area (Å²) in [4.78, 5) is 18.8. The zero-order valence-corrected chi connectivity index (χ0v) is 17.2. The first-order chi connectivity index (χ1) is 14.7.